The van der Waals surface area contributed by atoms with Crippen molar-refractivity contribution >= 4 is 11.8 Å². The zero-order valence-electron chi connectivity index (χ0n) is 9.23. The summed E-state index contributed by atoms with van der Waals surface area (Å²) in [5.41, 5.74) is 0.639. The predicted octanol–water partition coefficient (Wildman–Crippen LogP) is 2.82. The summed E-state index contributed by atoms with van der Waals surface area (Å²) in [6.45, 7) is 6.09. The normalized spacial score (nSPS) is 9.31. The number of amides is 1. The molecule has 1 amide bonds. The van der Waals surface area contributed by atoms with Gasteiger partial charge in [-0.3, -0.25) is 5.32 Å². The molecular weight excluding hydrogens is 206 g/mol. The lowest BCUT2D eigenvalue weighted by Gasteiger charge is -2.07. The average Bonchev–Trinajstić information content (AvgIpc) is 2.27. The van der Waals surface area contributed by atoms with E-state index >= 15 is 0 Å². The maximum absolute atomic E-state index is 11.1. The number of nitrogens with one attached hydrogen (secondary N) is 1. The minimum absolute atomic E-state index is 0.346. The number of benzene rings is 1. The summed E-state index contributed by atoms with van der Waals surface area (Å²) in [5.74, 6) is 0.675. The molecule has 0 fully saturated rings. The number of anilines is 1. The highest BCUT2D eigenvalue weighted by Crippen LogP contribution is 2.17. The van der Waals surface area contributed by atoms with Crippen LogP contribution in [0.25, 0.3) is 0 Å². The van der Waals surface area contributed by atoms with Gasteiger partial charge in [0.2, 0.25) is 0 Å². The summed E-state index contributed by atoms with van der Waals surface area (Å²) < 4.78 is 10.1. The van der Waals surface area contributed by atoms with Gasteiger partial charge in [0.15, 0.2) is 0 Å². The molecule has 0 unspecified atom stereocenters. The molecule has 4 nitrogen and oxygen atoms in total. The second kappa shape index (κ2) is 6.50. The minimum Gasteiger partial charge on any atom is -0.489 e. The molecule has 0 heterocycles. The molecule has 0 aliphatic heterocycles. The highest BCUT2D eigenvalue weighted by Gasteiger charge is 2.02. The molecule has 0 aromatic heterocycles. The first-order valence-corrected chi connectivity index (χ1v) is 5.03. The van der Waals surface area contributed by atoms with E-state index in [1.807, 2.05) is 0 Å². The van der Waals surface area contributed by atoms with E-state index in [2.05, 4.69) is 11.9 Å². The minimum atomic E-state index is -0.469. The molecule has 0 bridgehead atoms. The van der Waals surface area contributed by atoms with Gasteiger partial charge in [-0.2, -0.15) is 0 Å². The Kier molecular flexibility index (Phi) is 4.92. The zero-order chi connectivity index (χ0) is 11.8. The first kappa shape index (κ1) is 12.1. The lowest BCUT2D eigenvalue weighted by atomic mass is 10.3. The van der Waals surface area contributed by atoms with E-state index in [1.165, 1.54) is 0 Å². The molecule has 0 spiro atoms. The van der Waals surface area contributed by atoms with E-state index < -0.39 is 6.09 Å². The van der Waals surface area contributed by atoms with E-state index in [-0.39, 0.29) is 0 Å². The molecule has 16 heavy (non-hydrogen) atoms. The topological polar surface area (TPSA) is 47.6 Å². The summed E-state index contributed by atoms with van der Waals surface area (Å²) in [4.78, 5) is 11.1. The van der Waals surface area contributed by atoms with E-state index in [0.29, 0.717) is 24.7 Å². The molecule has 4 heteroatoms. The van der Waals surface area contributed by atoms with E-state index in [4.69, 9.17) is 9.47 Å². The summed E-state index contributed by atoms with van der Waals surface area (Å²) in [6.07, 6.45) is 1.19. The fraction of sp³-hybridized carbons (Fsp3) is 0.250. The highest BCUT2D eigenvalue weighted by atomic mass is 16.5. The van der Waals surface area contributed by atoms with Crippen LogP contribution in [0.1, 0.15) is 6.92 Å². The fourth-order valence-corrected chi connectivity index (χ4v) is 1.10. The zero-order valence-corrected chi connectivity index (χ0v) is 9.23. The van der Waals surface area contributed by atoms with Crippen molar-refractivity contribution in [2.75, 3.05) is 18.5 Å². The van der Waals surface area contributed by atoms with Crippen LogP contribution in [0.4, 0.5) is 10.5 Å². The molecule has 0 saturated heterocycles. The van der Waals surface area contributed by atoms with Crippen LogP contribution < -0.4 is 10.1 Å². The number of hydrogen-bond donors (Lipinski definition) is 1. The predicted molar refractivity (Wildman–Crippen MR) is 62.8 cm³/mol. The van der Waals surface area contributed by atoms with Crippen LogP contribution in [0.5, 0.6) is 5.75 Å². The van der Waals surface area contributed by atoms with Gasteiger partial charge in [0.25, 0.3) is 0 Å². The van der Waals surface area contributed by atoms with E-state index in [1.54, 1.807) is 37.3 Å². The van der Waals surface area contributed by atoms with Crippen molar-refractivity contribution in [1.29, 1.82) is 0 Å². The lowest BCUT2D eigenvalue weighted by molar-refractivity contribution is 0.168. The smallest absolute Gasteiger partial charge is 0.411 e. The van der Waals surface area contributed by atoms with E-state index in [9.17, 15) is 4.79 Å². The van der Waals surface area contributed by atoms with E-state index in [0.717, 1.165) is 0 Å². The van der Waals surface area contributed by atoms with Gasteiger partial charge in [-0.1, -0.05) is 18.7 Å². The quantitative estimate of drug-likeness (QED) is 0.778. The number of carbonyl (C=O) groups excluding carboxylic acids is 1. The largest absolute Gasteiger partial charge is 0.489 e. The summed E-state index contributed by atoms with van der Waals surface area (Å²) in [6, 6.07) is 7.08. The molecule has 0 aliphatic rings. The van der Waals surface area contributed by atoms with Gasteiger partial charge in [-0.25, -0.2) is 4.79 Å². The van der Waals surface area contributed by atoms with Crippen molar-refractivity contribution in [2.45, 2.75) is 6.92 Å². The SMILES string of the molecule is C=CCOc1cccc(NC(=O)OCC)c1. The third kappa shape index (κ3) is 4.04. The van der Waals surface area contributed by atoms with Crippen molar-refractivity contribution in [3.63, 3.8) is 0 Å². The Morgan fingerprint density at radius 3 is 3.06 bits per heavy atom. The Bertz CT molecular complexity index is 363. The fourth-order valence-electron chi connectivity index (χ4n) is 1.10. The van der Waals surface area contributed by atoms with Gasteiger partial charge in [-0.05, 0) is 19.1 Å². The third-order valence-electron chi connectivity index (χ3n) is 1.72. The average molecular weight is 221 g/mol. The van der Waals surface area contributed by atoms with Crippen molar-refractivity contribution in [3.8, 4) is 5.75 Å². The molecule has 0 radical (unpaired) electrons. The van der Waals surface area contributed by atoms with Crippen molar-refractivity contribution in [1.82, 2.24) is 0 Å². The lowest BCUT2D eigenvalue weighted by Crippen LogP contribution is -2.13. The molecule has 0 saturated carbocycles. The van der Waals surface area contributed by atoms with Gasteiger partial charge in [-0.15, -0.1) is 0 Å². The molecule has 1 N–H and O–H groups in total. The molecule has 0 aliphatic carbocycles. The Labute approximate surface area is 94.9 Å². The molecule has 1 rings (SSSR count). The number of rotatable bonds is 5. The van der Waals surface area contributed by atoms with Gasteiger partial charge in [0.1, 0.15) is 12.4 Å². The number of ether oxygens (including phenoxy) is 2. The van der Waals surface area contributed by atoms with Gasteiger partial charge in [0, 0.05) is 11.8 Å². The summed E-state index contributed by atoms with van der Waals surface area (Å²) in [7, 11) is 0. The monoisotopic (exact) mass is 221 g/mol. The molecule has 1 aromatic carbocycles. The van der Waals surface area contributed by atoms with Gasteiger partial charge >= 0.3 is 6.09 Å². The van der Waals surface area contributed by atoms with Crippen LogP contribution in [0.3, 0.4) is 0 Å². The third-order valence-corrected chi connectivity index (χ3v) is 1.72. The number of hydrogen-bond acceptors (Lipinski definition) is 3. The molecule has 1 aromatic rings. The van der Waals surface area contributed by atoms with Crippen LogP contribution in [0.15, 0.2) is 36.9 Å². The van der Waals surface area contributed by atoms with Crippen LogP contribution in [-0.2, 0) is 4.74 Å². The second-order valence-corrected chi connectivity index (χ2v) is 2.97. The summed E-state index contributed by atoms with van der Waals surface area (Å²) in [5, 5.41) is 2.59. The number of carbonyl (C=O) groups is 1. The van der Waals surface area contributed by atoms with Crippen LogP contribution in [0.2, 0.25) is 0 Å². The van der Waals surface area contributed by atoms with Crippen molar-refractivity contribution in [3.05, 3.63) is 36.9 Å². The first-order valence-electron chi connectivity index (χ1n) is 5.03. The highest BCUT2D eigenvalue weighted by molar-refractivity contribution is 5.84. The van der Waals surface area contributed by atoms with Crippen LogP contribution >= 0.6 is 0 Å². The standard InChI is InChI=1S/C12H15NO3/c1-3-8-16-11-7-5-6-10(9-11)13-12(14)15-4-2/h3,5-7,9H,1,4,8H2,2H3,(H,13,14). The Morgan fingerprint density at radius 2 is 2.38 bits per heavy atom. The molecular formula is C12H15NO3. The van der Waals surface area contributed by atoms with Gasteiger partial charge in [0.05, 0.1) is 6.61 Å². The molecule has 86 valence electrons. The van der Waals surface area contributed by atoms with Crippen LogP contribution in [0, 0.1) is 0 Å². The second-order valence-electron chi connectivity index (χ2n) is 2.97. The van der Waals surface area contributed by atoms with Crippen molar-refractivity contribution < 1.29 is 14.3 Å². The maximum atomic E-state index is 11.1. The Hall–Kier alpha value is -1.97. The Morgan fingerprint density at radius 1 is 1.56 bits per heavy atom. The molecule has 0 atom stereocenters. The van der Waals surface area contributed by atoms with Crippen LogP contribution in [-0.4, -0.2) is 19.3 Å². The Balaban J connectivity index is 2.59. The van der Waals surface area contributed by atoms with Crippen molar-refractivity contribution in [2.24, 2.45) is 0 Å². The first-order chi connectivity index (χ1) is 7.76. The van der Waals surface area contributed by atoms with Gasteiger partial charge < -0.3 is 9.47 Å². The maximum Gasteiger partial charge on any atom is 0.411 e. The summed E-state index contributed by atoms with van der Waals surface area (Å²) >= 11 is 0.